The topological polar surface area (TPSA) is 68.0 Å². The molecule has 0 saturated heterocycles. The van der Waals surface area contributed by atoms with Crippen LogP contribution < -0.4 is 5.56 Å². The molecule has 6 heteroatoms. The van der Waals surface area contributed by atoms with Crippen LogP contribution in [-0.4, -0.2) is 19.9 Å². The zero-order chi connectivity index (χ0) is 10.1. The maximum Gasteiger partial charge on any atom is 0.273 e. The first-order valence-electron chi connectivity index (χ1n) is 3.88. The minimum absolute atomic E-state index is 0.168. The first kappa shape index (κ1) is 8.89. The molecule has 0 aliphatic rings. The van der Waals surface area contributed by atoms with Crippen molar-refractivity contribution in [2.45, 2.75) is 6.92 Å². The minimum atomic E-state index is -0.393. The number of hydrogen-bond acceptors (Lipinski definition) is 5. The van der Waals surface area contributed by atoms with E-state index in [1.165, 1.54) is 23.6 Å². The first-order valence-corrected chi connectivity index (χ1v) is 4.76. The summed E-state index contributed by atoms with van der Waals surface area (Å²) in [6.45, 7) is 1.84. The molecule has 72 valence electrons. The maximum absolute atomic E-state index is 11.0. The SMILES string of the molecule is Cc1nc(-c2nc(=O)ccn2O)cs1. The van der Waals surface area contributed by atoms with Gasteiger partial charge in [0.05, 0.1) is 11.2 Å². The molecule has 0 aliphatic heterocycles. The van der Waals surface area contributed by atoms with Gasteiger partial charge in [0.1, 0.15) is 5.69 Å². The fourth-order valence-electron chi connectivity index (χ4n) is 1.04. The Morgan fingerprint density at radius 3 is 2.93 bits per heavy atom. The highest BCUT2D eigenvalue weighted by Crippen LogP contribution is 2.17. The molecule has 0 fully saturated rings. The fourth-order valence-corrected chi connectivity index (χ4v) is 1.63. The maximum atomic E-state index is 11.0. The van der Waals surface area contributed by atoms with Gasteiger partial charge in [-0.3, -0.25) is 4.79 Å². The van der Waals surface area contributed by atoms with E-state index in [1.54, 1.807) is 5.38 Å². The Balaban J connectivity index is 2.61. The molecule has 0 aliphatic carbocycles. The quantitative estimate of drug-likeness (QED) is 0.709. The molecule has 2 aromatic rings. The molecule has 0 radical (unpaired) electrons. The Bertz CT molecular complexity index is 517. The highest BCUT2D eigenvalue weighted by atomic mass is 32.1. The monoisotopic (exact) mass is 209 g/mol. The van der Waals surface area contributed by atoms with Crippen LogP contribution in [0.3, 0.4) is 0 Å². The molecule has 2 aromatic heterocycles. The number of aryl methyl sites for hydroxylation is 1. The average molecular weight is 209 g/mol. The lowest BCUT2D eigenvalue weighted by Gasteiger charge is -2.00. The van der Waals surface area contributed by atoms with Gasteiger partial charge < -0.3 is 5.21 Å². The zero-order valence-electron chi connectivity index (χ0n) is 7.34. The summed E-state index contributed by atoms with van der Waals surface area (Å²) in [4.78, 5) is 18.7. The summed E-state index contributed by atoms with van der Waals surface area (Å²) in [5.74, 6) is 0.168. The predicted octanol–water partition coefficient (Wildman–Crippen LogP) is 0.913. The van der Waals surface area contributed by atoms with E-state index >= 15 is 0 Å². The second-order valence-corrected chi connectivity index (χ2v) is 3.75. The van der Waals surface area contributed by atoms with Gasteiger partial charge in [0.15, 0.2) is 5.82 Å². The smallest absolute Gasteiger partial charge is 0.273 e. The Labute approximate surface area is 83.3 Å². The van der Waals surface area contributed by atoms with Crippen molar-refractivity contribution in [1.82, 2.24) is 14.7 Å². The van der Waals surface area contributed by atoms with Crippen LogP contribution in [0.1, 0.15) is 5.01 Å². The van der Waals surface area contributed by atoms with Gasteiger partial charge in [0.2, 0.25) is 0 Å². The van der Waals surface area contributed by atoms with Crippen molar-refractivity contribution in [3.8, 4) is 11.5 Å². The highest BCUT2D eigenvalue weighted by molar-refractivity contribution is 7.09. The number of thiazole rings is 1. The van der Waals surface area contributed by atoms with Crippen LogP contribution in [0.2, 0.25) is 0 Å². The second kappa shape index (κ2) is 3.22. The molecule has 5 nitrogen and oxygen atoms in total. The number of nitrogens with zero attached hydrogens (tertiary/aromatic N) is 3. The van der Waals surface area contributed by atoms with Crippen molar-refractivity contribution >= 4 is 11.3 Å². The lowest BCUT2D eigenvalue weighted by atomic mass is 10.4. The molecule has 0 bridgehead atoms. The van der Waals surface area contributed by atoms with Crippen LogP contribution in [0.5, 0.6) is 0 Å². The molecule has 0 saturated carbocycles. The Morgan fingerprint density at radius 1 is 1.50 bits per heavy atom. The highest BCUT2D eigenvalue weighted by Gasteiger charge is 2.08. The number of rotatable bonds is 1. The predicted molar refractivity (Wildman–Crippen MR) is 51.5 cm³/mol. The molecule has 0 atom stereocenters. The number of aromatic nitrogens is 3. The van der Waals surface area contributed by atoms with Gasteiger partial charge in [-0.25, -0.2) is 4.98 Å². The van der Waals surface area contributed by atoms with E-state index in [1.807, 2.05) is 6.92 Å². The van der Waals surface area contributed by atoms with Gasteiger partial charge in [-0.05, 0) is 6.92 Å². The van der Waals surface area contributed by atoms with Crippen LogP contribution in [-0.2, 0) is 0 Å². The third-order valence-electron chi connectivity index (χ3n) is 1.64. The summed E-state index contributed by atoms with van der Waals surface area (Å²) in [6, 6.07) is 1.18. The molecule has 14 heavy (non-hydrogen) atoms. The molecular formula is C8H7N3O2S. The second-order valence-electron chi connectivity index (χ2n) is 2.69. The van der Waals surface area contributed by atoms with Crippen molar-refractivity contribution in [3.63, 3.8) is 0 Å². The van der Waals surface area contributed by atoms with Crippen LogP contribution in [0.25, 0.3) is 11.5 Å². The van der Waals surface area contributed by atoms with Crippen molar-refractivity contribution in [2.75, 3.05) is 0 Å². The van der Waals surface area contributed by atoms with Gasteiger partial charge in [-0.2, -0.15) is 9.71 Å². The lowest BCUT2D eigenvalue weighted by molar-refractivity contribution is 0.185. The largest absolute Gasteiger partial charge is 0.427 e. The van der Waals surface area contributed by atoms with E-state index in [2.05, 4.69) is 9.97 Å². The van der Waals surface area contributed by atoms with Crippen LogP contribution in [0, 0.1) is 6.92 Å². The Hall–Kier alpha value is -1.69. The van der Waals surface area contributed by atoms with Gasteiger partial charge in [0.25, 0.3) is 5.56 Å². The summed E-state index contributed by atoms with van der Waals surface area (Å²) in [6.07, 6.45) is 1.25. The molecule has 0 spiro atoms. The van der Waals surface area contributed by atoms with E-state index in [9.17, 15) is 10.0 Å². The van der Waals surface area contributed by atoms with E-state index in [-0.39, 0.29) is 5.82 Å². The van der Waals surface area contributed by atoms with E-state index in [0.717, 1.165) is 9.74 Å². The summed E-state index contributed by atoms with van der Waals surface area (Å²) in [5, 5.41) is 12.0. The van der Waals surface area contributed by atoms with E-state index in [0.29, 0.717) is 5.69 Å². The van der Waals surface area contributed by atoms with Crippen molar-refractivity contribution in [3.05, 3.63) is 33.0 Å². The molecule has 0 unspecified atom stereocenters. The third kappa shape index (κ3) is 1.51. The Morgan fingerprint density at radius 2 is 2.29 bits per heavy atom. The first-order chi connectivity index (χ1) is 6.66. The van der Waals surface area contributed by atoms with Gasteiger partial charge in [0, 0.05) is 11.4 Å². The normalized spacial score (nSPS) is 10.4. The van der Waals surface area contributed by atoms with Crippen LogP contribution >= 0.6 is 11.3 Å². The van der Waals surface area contributed by atoms with Crippen LogP contribution in [0.15, 0.2) is 22.4 Å². The molecule has 2 rings (SSSR count). The zero-order valence-corrected chi connectivity index (χ0v) is 8.15. The molecular weight excluding hydrogens is 202 g/mol. The lowest BCUT2D eigenvalue weighted by Crippen LogP contribution is -2.11. The minimum Gasteiger partial charge on any atom is -0.427 e. The van der Waals surface area contributed by atoms with E-state index < -0.39 is 5.56 Å². The molecule has 2 heterocycles. The van der Waals surface area contributed by atoms with Gasteiger partial charge in [-0.15, -0.1) is 11.3 Å². The van der Waals surface area contributed by atoms with Crippen molar-refractivity contribution in [2.24, 2.45) is 0 Å². The van der Waals surface area contributed by atoms with Gasteiger partial charge >= 0.3 is 0 Å². The summed E-state index contributed by atoms with van der Waals surface area (Å²) in [7, 11) is 0. The van der Waals surface area contributed by atoms with Crippen molar-refractivity contribution < 1.29 is 5.21 Å². The van der Waals surface area contributed by atoms with Gasteiger partial charge in [-0.1, -0.05) is 0 Å². The standard InChI is InChI=1S/C8H7N3O2S/c1-5-9-6(4-14-5)8-10-7(12)2-3-11(8)13/h2-4,13H,1H3. The molecule has 0 aromatic carbocycles. The fraction of sp³-hybridized carbons (Fsp3) is 0.125. The average Bonchev–Trinajstić information content (AvgIpc) is 2.56. The Kier molecular flexibility index (Phi) is 2.05. The molecule has 0 amide bonds. The number of hydrogen-bond donors (Lipinski definition) is 1. The summed E-state index contributed by atoms with van der Waals surface area (Å²) < 4.78 is 0.788. The van der Waals surface area contributed by atoms with E-state index in [4.69, 9.17) is 0 Å². The van der Waals surface area contributed by atoms with Crippen LogP contribution in [0.4, 0.5) is 0 Å². The van der Waals surface area contributed by atoms with Crippen molar-refractivity contribution in [1.29, 1.82) is 0 Å². The molecule has 1 N–H and O–H groups in total. The summed E-state index contributed by atoms with van der Waals surface area (Å²) in [5.41, 5.74) is 0.114. The summed E-state index contributed by atoms with van der Waals surface area (Å²) >= 11 is 1.44. The third-order valence-corrected chi connectivity index (χ3v) is 2.41.